The number of aromatic amines is 1. The third-order valence-electron chi connectivity index (χ3n) is 6.32. The molecule has 0 fully saturated rings. The second kappa shape index (κ2) is 7.69. The Bertz CT molecular complexity index is 1840. The Hall–Kier alpha value is -4.63. The maximum Gasteiger partial charge on any atom is 0.256 e. The molecule has 0 saturated heterocycles. The quantitative estimate of drug-likeness (QED) is 0.358. The summed E-state index contributed by atoms with van der Waals surface area (Å²) in [4.78, 5) is 25.8. The molecule has 36 heavy (non-hydrogen) atoms. The fraction of sp³-hybridized carbons (Fsp3) is 0.0769. The second-order valence-electron chi connectivity index (χ2n) is 8.34. The Labute approximate surface area is 207 Å². The summed E-state index contributed by atoms with van der Waals surface area (Å²) < 4.78 is 18.7. The topological polar surface area (TPSA) is 108 Å². The minimum atomic E-state index is -0.549. The largest absolute Gasteiger partial charge is 0.497 e. The number of hydrogen-bond acceptors (Lipinski definition) is 7. The van der Waals surface area contributed by atoms with Gasteiger partial charge >= 0.3 is 0 Å². The number of benzene rings is 2. The van der Waals surface area contributed by atoms with Crippen molar-refractivity contribution < 1.29 is 13.9 Å². The van der Waals surface area contributed by atoms with Crippen molar-refractivity contribution in [3.8, 4) is 29.0 Å². The van der Waals surface area contributed by atoms with E-state index in [0.29, 0.717) is 61.7 Å². The van der Waals surface area contributed by atoms with E-state index in [9.17, 15) is 4.79 Å². The summed E-state index contributed by atoms with van der Waals surface area (Å²) in [6.45, 7) is 0. The van der Waals surface area contributed by atoms with Crippen molar-refractivity contribution in [2.75, 3.05) is 7.11 Å². The monoisotopic (exact) mass is 497 g/mol. The van der Waals surface area contributed by atoms with Crippen molar-refractivity contribution in [3.05, 3.63) is 99.3 Å². The third-order valence-corrected chi connectivity index (χ3v) is 6.55. The fourth-order valence-corrected chi connectivity index (χ4v) is 4.87. The number of halogens is 1. The van der Waals surface area contributed by atoms with Crippen LogP contribution in [0.2, 0.25) is 5.02 Å². The van der Waals surface area contributed by atoms with E-state index in [1.165, 1.54) is 6.33 Å². The number of furan rings is 1. The van der Waals surface area contributed by atoms with E-state index >= 15 is 0 Å². The maximum atomic E-state index is 13.5. The van der Waals surface area contributed by atoms with Gasteiger partial charge in [0, 0.05) is 10.4 Å². The van der Waals surface area contributed by atoms with Crippen LogP contribution in [0.15, 0.2) is 76.4 Å². The van der Waals surface area contributed by atoms with E-state index < -0.39 is 5.92 Å². The van der Waals surface area contributed by atoms with E-state index in [1.54, 1.807) is 48.2 Å². The molecule has 9 nitrogen and oxygen atoms in total. The number of aromatic nitrogens is 5. The molecule has 0 bridgehead atoms. The molecule has 1 unspecified atom stereocenters. The van der Waals surface area contributed by atoms with Gasteiger partial charge < -0.3 is 18.9 Å². The second-order valence-corrected chi connectivity index (χ2v) is 8.78. The molecular weight excluding hydrogens is 482 g/mol. The van der Waals surface area contributed by atoms with Crippen molar-refractivity contribution in [1.82, 2.24) is 24.6 Å². The lowest BCUT2D eigenvalue weighted by atomic mass is 9.84. The predicted molar refractivity (Wildman–Crippen MR) is 132 cm³/mol. The molecule has 1 N–H and O–H groups in total. The molecule has 4 aromatic heterocycles. The van der Waals surface area contributed by atoms with Crippen molar-refractivity contribution >= 4 is 28.2 Å². The smallest absolute Gasteiger partial charge is 0.256 e. The highest BCUT2D eigenvalue weighted by molar-refractivity contribution is 6.31. The first-order valence-corrected chi connectivity index (χ1v) is 11.4. The Kier molecular flexibility index (Phi) is 4.43. The van der Waals surface area contributed by atoms with E-state index in [2.05, 4.69) is 15.1 Å². The Balaban J connectivity index is 1.56. The predicted octanol–water partition coefficient (Wildman–Crippen LogP) is 5.17. The molecule has 7 rings (SSSR count). The number of fused-ring (bicyclic) bond motifs is 6. The number of H-pyrrole nitrogens is 1. The van der Waals surface area contributed by atoms with Crippen LogP contribution >= 0.6 is 11.6 Å². The first-order valence-electron chi connectivity index (χ1n) is 11.1. The van der Waals surface area contributed by atoms with Crippen LogP contribution in [0.5, 0.6) is 17.4 Å². The highest BCUT2D eigenvalue weighted by Crippen LogP contribution is 2.48. The summed E-state index contributed by atoms with van der Waals surface area (Å²) in [6.07, 6.45) is 3.09. The van der Waals surface area contributed by atoms with Crippen LogP contribution in [0, 0.1) is 0 Å². The fourth-order valence-electron chi connectivity index (χ4n) is 4.70. The zero-order valence-electron chi connectivity index (χ0n) is 18.7. The molecule has 0 saturated carbocycles. The Morgan fingerprint density at radius 1 is 1.11 bits per heavy atom. The summed E-state index contributed by atoms with van der Waals surface area (Å²) in [5, 5.41) is 5.73. The van der Waals surface area contributed by atoms with Gasteiger partial charge in [-0.05, 0) is 48.0 Å². The van der Waals surface area contributed by atoms with Gasteiger partial charge in [-0.3, -0.25) is 4.79 Å². The summed E-state index contributed by atoms with van der Waals surface area (Å²) in [5.74, 6) is 1.81. The molecule has 176 valence electrons. The van der Waals surface area contributed by atoms with E-state index in [4.69, 9.17) is 30.5 Å². The highest BCUT2D eigenvalue weighted by Gasteiger charge is 2.37. The number of methoxy groups -OCH3 is 1. The van der Waals surface area contributed by atoms with Gasteiger partial charge in [-0.15, -0.1) is 5.10 Å². The Morgan fingerprint density at radius 3 is 2.75 bits per heavy atom. The van der Waals surface area contributed by atoms with Crippen molar-refractivity contribution in [2.45, 2.75) is 5.92 Å². The maximum absolute atomic E-state index is 13.5. The summed E-state index contributed by atoms with van der Waals surface area (Å²) in [6, 6.07) is 16.3. The lowest BCUT2D eigenvalue weighted by Crippen LogP contribution is -2.24. The first-order chi connectivity index (χ1) is 17.6. The van der Waals surface area contributed by atoms with Gasteiger partial charge in [0.2, 0.25) is 11.7 Å². The zero-order chi connectivity index (χ0) is 24.4. The Morgan fingerprint density at radius 2 is 1.97 bits per heavy atom. The standard InChI is InChI=1S/C26H16ClN5O4/c1-34-15-7-4-13(5-8-15)19-20-22(16-11-14(27)6-9-17(16)29-25(20)33)36-26-21(19)24-30-23(18-3-2-10-35-18)31-32(24)12-28-26/h2-12,19H,1H3,(H,29,33). The van der Waals surface area contributed by atoms with Crippen LogP contribution in [0.25, 0.3) is 28.1 Å². The van der Waals surface area contributed by atoms with E-state index in [0.717, 1.165) is 5.56 Å². The molecule has 1 aliphatic heterocycles. The van der Waals surface area contributed by atoms with Crippen LogP contribution in [0.1, 0.15) is 22.6 Å². The van der Waals surface area contributed by atoms with Gasteiger partial charge in [-0.2, -0.15) is 0 Å². The number of rotatable bonds is 3. The van der Waals surface area contributed by atoms with E-state index in [-0.39, 0.29) is 5.56 Å². The molecular formula is C26H16ClN5O4. The van der Waals surface area contributed by atoms with Crippen LogP contribution in [-0.2, 0) is 0 Å². The van der Waals surface area contributed by atoms with Crippen molar-refractivity contribution in [2.24, 2.45) is 0 Å². The summed E-state index contributed by atoms with van der Waals surface area (Å²) in [7, 11) is 1.61. The highest BCUT2D eigenvalue weighted by atomic mass is 35.5. The van der Waals surface area contributed by atoms with Gasteiger partial charge in [0.1, 0.15) is 17.8 Å². The number of nitrogens with one attached hydrogen (secondary N) is 1. The number of hydrogen-bond donors (Lipinski definition) is 1. The van der Waals surface area contributed by atoms with Crippen LogP contribution in [-0.4, -0.2) is 31.7 Å². The lowest BCUT2D eigenvalue weighted by molar-refractivity contribution is 0.414. The van der Waals surface area contributed by atoms with Crippen LogP contribution in [0.4, 0.5) is 0 Å². The molecule has 1 aliphatic rings. The van der Waals surface area contributed by atoms with Gasteiger partial charge in [0.25, 0.3) is 5.56 Å². The molecule has 0 amide bonds. The minimum Gasteiger partial charge on any atom is -0.497 e. The van der Waals surface area contributed by atoms with Crippen molar-refractivity contribution in [3.63, 3.8) is 0 Å². The van der Waals surface area contributed by atoms with Crippen LogP contribution in [0.3, 0.4) is 0 Å². The van der Waals surface area contributed by atoms with Gasteiger partial charge in [-0.1, -0.05) is 23.7 Å². The SMILES string of the molecule is COc1ccc(C2c3c(c4cc(Cl)ccc4[nH]c3=O)Oc3ncn4nc(-c5ccco5)nc4c32)cc1. The third kappa shape index (κ3) is 3.03. The molecule has 1 atom stereocenters. The minimum absolute atomic E-state index is 0.279. The zero-order valence-corrected chi connectivity index (χ0v) is 19.5. The van der Waals surface area contributed by atoms with Gasteiger partial charge in [-0.25, -0.2) is 14.5 Å². The first kappa shape index (κ1) is 20.7. The molecule has 6 aromatic rings. The van der Waals surface area contributed by atoms with Gasteiger partial charge in [0.15, 0.2) is 11.4 Å². The normalized spacial score (nSPS) is 14.4. The van der Waals surface area contributed by atoms with E-state index in [1.807, 2.05) is 24.3 Å². The number of pyridine rings is 1. The molecule has 0 aliphatic carbocycles. The van der Waals surface area contributed by atoms with Crippen LogP contribution < -0.4 is 15.0 Å². The average Bonchev–Trinajstić information content (AvgIpc) is 3.58. The molecule has 2 aromatic carbocycles. The lowest BCUT2D eigenvalue weighted by Gasteiger charge is -2.28. The molecule has 5 heterocycles. The van der Waals surface area contributed by atoms with Gasteiger partial charge in [0.05, 0.1) is 35.9 Å². The molecule has 0 spiro atoms. The number of nitrogens with zero attached hydrogens (tertiary/aromatic N) is 4. The average molecular weight is 498 g/mol. The summed E-state index contributed by atoms with van der Waals surface area (Å²) >= 11 is 6.31. The molecule has 10 heteroatoms. The number of ether oxygens (including phenoxy) is 2. The summed E-state index contributed by atoms with van der Waals surface area (Å²) in [5.41, 5.74) is 2.73. The molecule has 0 radical (unpaired) electrons. The van der Waals surface area contributed by atoms with Crippen molar-refractivity contribution in [1.29, 1.82) is 0 Å².